The molecule has 0 unspecified atom stereocenters. The van der Waals surface area contributed by atoms with Crippen molar-refractivity contribution in [1.82, 2.24) is 4.90 Å². The van der Waals surface area contributed by atoms with Crippen molar-refractivity contribution >= 4 is 34.4 Å². The van der Waals surface area contributed by atoms with Crippen LogP contribution >= 0.6 is 11.8 Å². The molecule has 1 N–H and O–H groups in total. The first-order valence-electron chi connectivity index (χ1n) is 7.91. The number of amidine groups is 1. The molecule has 1 aromatic rings. The summed E-state index contributed by atoms with van der Waals surface area (Å²) in [6.45, 7) is 7.70. The molecule has 1 heterocycles. The molecule has 1 aliphatic heterocycles. The fourth-order valence-corrected chi connectivity index (χ4v) is 3.72. The van der Waals surface area contributed by atoms with E-state index < -0.39 is 11.1 Å². The van der Waals surface area contributed by atoms with E-state index in [9.17, 15) is 14.0 Å². The fourth-order valence-electron chi connectivity index (χ4n) is 2.33. The van der Waals surface area contributed by atoms with Crippen LogP contribution in [0.4, 0.5) is 10.1 Å². The zero-order valence-electron chi connectivity index (χ0n) is 14.2. The van der Waals surface area contributed by atoms with Crippen LogP contribution in [-0.2, 0) is 9.59 Å². The van der Waals surface area contributed by atoms with Gasteiger partial charge in [-0.1, -0.05) is 23.9 Å². The Balaban J connectivity index is 2.08. The van der Waals surface area contributed by atoms with Gasteiger partial charge in [-0.25, -0.2) is 4.39 Å². The average Bonchev–Trinajstić information content (AvgIpc) is 2.76. The first-order valence-corrected chi connectivity index (χ1v) is 8.79. The summed E-state index contributed by atoms with van der Waals surface area (Å²) < 4.78 is 13.6. The van der Waals surface area contributed by atoms with Gasteiger partial charge in [0.1, 0.15) is 11.1 Å². The minimum atomic E-state index is -0.531. The van der Waals surface area contributed by atoms with Gasteiger partial charge in [-0.2, -0.15) is 0 Å². The van der Waals surface area contributed by atoms with Crippen LogP contribution in [0.5, 0.6) is 0 Å². The molecule has 2 amide bonds. The number of hydrogen-bond acceptors (Lipinski definition) is 4. The van der Waals surface area contributed by atoms with Gasteiger partial charge in [0, 0.05) is 18.5 Å². The number of nitrogens with one attached hydrogen (secondary N) is 1. The standard InChI is InChI=1S/C17H22FN3O2S/c1-10(2)19-17-21(11(3)4)16(23)14(24-17)9-15(22)20-13-8-6-5-7-12(13)18/h5-8,10-11,14H,9H2,1-4H3,(H,20,22)/t14-/m0/s1. The van der Waals surface area contributed by atoms with Crippen molar-refractivity contribution in [3.8, 4) is 0 Å². The summed E-state index contributed by atoms with van der Waals surface area (Å²) in [5, 5.41) is 2.64. The number of halogens is 1. The highest BCUT2D eigenvalue weighted by Crippen LogP contribution is 2.32. The summed E-state index contributed by atoms with van der Waals surface area (Å²) in [6, 6.07) is 6.00. The van der Waals surface area contributed by atoms with E-state index in [-0.39, 0.29) is 36.0 Å². The monoisotopic (exact) mass is 351 g/mol. The zero-order chi connectivity index (χ0) is 17.9. The van der Waals surface area contributed by atoms with Crippen molar-refractivity contribution < 1.29 is 14.0 Å². The number of hydrogen-bond donors (Lipinski definition) is 1. The molecule has 1 fully saturated rings. The molecule has 2 rings (SSSR count). The normalized spacial score (nSPS) is 19.6. The minimum absolute atomic E-state index is 0.0157. The predicted molar refractivity (Wildman–Crippen MR) is 95.6 cm³/mol. The summed E-state index contributed by atoms with van der Waals surface area (Å²) in [5.41, 5.74) is 0.120. The van der Waals surface area contributed by atoms with Gasteiger partial charge in [-0.15, -0.1) is 0 Å². The lowest BCUT2D eigenvalue weighted by Crippen LogP contribution is -2.38. The molecular weight excluding hydrogens is 329 g/mol. The summed E-state index contributed by atoms with van der Waals surface area (Å²) in [6.07, 6.45) is -0.0157. The van der Waals surface area contributed by atoms with E-state index in [0.717, 1.165) is 0 Å². The number of nitrogens with zero attached hydrogens (tertiary/aromatic N) is 2. The van der Waals surface area contributed by atoms with E-state index in [1.807, 2.05) is 27.7 Å². The van der Waals surface area contributed by atoms with Crippen LogP contribution in [0.15, 0.2) is 29.3 Å². The Morgan fingerprint density at radius 1 is 1.33 bits per heavy atom. The van der Waals surface area contributed by atoms with Gasteiger partial charge >= 0.3 is 0 Å². The van der Waals surface area contributed by atoms with E-state index in [1.54, 1.807) is 17.0 Å². The summed E-state index contributed by atoms with van der Waals surface area (Å²) in [7, 11) is 0. The Hall–Kier alpha value is -1.89. The molecule has 1 aliphatic rings. The molecule has 1 aromatic carbocycles. The molecule has 7 heteroatoms. The summed E-state index contributed by atoms with van der Waals surface area (Å²) in [5.74, 6) is -1.01. The lowest BCUT2D eigenvalue weighted by molar-refractivity contribution is -0.129. The third-order valence-electron chi connectivity index (χ3n) is 3.37. The Kier molecular flexibility index (Phi) is 5.99. The van der Waals surface area contributed by atoms with Crippen LogP contribution in [0.25, 0.3) is 0 Å². The maximum Gasteiger partial charge on any atom is 0.242 e. The largest absolute Gasteiger partial charge is 0.324 e. The molecule has 0 saturated carbocycles. The quantitative estimate of drug-likeness (QED) is 0.886. The Morgan fingerprint density at radius 3 is 2.58 bits per heavy atom. The van der Waals surface area contributed by atoms with Gasteiger partial charge < -0.3 is 5.32 Å². The smallest absolute Gasteiger partial charge is 0.242 e. The molecule has 0 radical (unpaired) electrons. The molecule has 130 valence electrons. The molecule has 5 nitrogen and oxygen atoms in total. The number of thioether (sulfide) groups is 1. The first kappa shape index (κ1) is 18.4. The molecule has 0 aliphatic carbocycles. The van der Waals surface area contributed by atoms with Gasteiger partial charge in [-0.3, -0.25) is 19.5 Å². The first-order chi connectivity index (χ1) is 11.3. The molecule has 0 spiro atoms. The van der Waals surface area contributed by atoms with Crippen LogP contribution in [0, 0.1) is 5.82 Å². The summed E-state index contributed by atoms with van der Waals surface area (Å²) in [4.78, 5) is 30.8. The Morgan fingerprint density at radius 2 is 2.00 bits per heavy atom. The highest BCUT2D eigenvalue weighted by atomic mass is 32.2. The van der Waals surface area contributed by atoms with Gasteiger partial charge in [0.05, 0.1) is 5.69 Å². The topological polar surface area (TPSA) is 61.8 Å². The predicted octanol–water partition coefficient (Wildman–Crippen LogP) is 3.27. The molecule has 1 atom stereocenters. The number of rotatable bonds is 5. The minimum Gasteiger partial charge on any atom is -0.324 e. The zero-order valence-corrected chi connectivity index (χ0v) is 15.1. The van der Waals surface area contributed by atoms with Gasteiger partial charge in [0.15, 0.2) is 5.17 Å². The van der Waals surface area contributed by atoms with Crippen LogP contribution in [-0.4, -0.2) is 39.2 Å². The van der Waals surface area contributed by atoms with E-state index >= 15 is 0 Å². The van der Waals surface area contributed by atoms with Gasteiger partial charge in [0.2, 0.25) is 11.8 Å². The maximum absolute atomic E-state index is 13.6. The number of anilines is 1. The van der Waals surface area contributed by atoms with Crippen molar-refractivity contribution in [3.63, 3.8) is 0 Å². The van der Waals surface area contributed by atoms with E-state index in [1.165, 1.54) is 23.9 Å². The number of carbonyl (C=O) groups excluding carboxylic acids is 2. The fraction of sp³-hybridized carbons (Fsp3) is 0.471. The van der Waals surface area contributed by atoms with Crippen molar-refractivity contribution in [1.29, 1.82) is 0 Å². The Bertz CT molecular complexity index is 661. The lowest BCUT2D eigenvalue weighted by atomic mass is 10.2. The van der Waals surface area contributed by atoms with E-state index in [2.05, 4.69) is 10.3 Å². The van der Waals surface area contributed by atoms with Crippen LogP contribution < -0.4 is 5.32 Å². The number of amides is 2. The molecular formula is C17H22FN3O2S. The highest BCUT2D eigenvalue weighted by Gasteiger charge is 2.40. The maximum atomic E-state index is 13.6. The van der Waals surface area contributed by atoms with E-state index in [4.69, 9.17) is 0 Å². The Labute approximate surface area is 145 Å². The van der Waals surface area contributed by atoms with Crippen LogP contribution in [0.3, 0.4) is 0 Å². The van der Waals surface area contributed by atoms with Crippen LogP contribution in [0.2, 0.25) is 0 Å². The molecule has 0 bridgehead atoms. The van der Waals surface area contributed by atoms with Crippen LogP contribution in [0.1, 0.15) is 34.1 Å². The van der Waals surface area contributed by atoms with Crippen molar-refractivity contribution in [2.45, 2.75) is 51.4 Å². The number of para-hydroxylation sites is 1. The highest BCUT2D eigenvalue weighted by molar-refractivity contribution is 8.15. The number of benzene rings is 1. The van der Waals surface area contributed by atoms with Crippen molar-refractivity contribution in [2.24, 2.45) is 4.99 Å². The van der Waals surface area contributed by atoms with Crippen molar-refractivity contribution in [3.05, 3.63) is 30.1 Å². The van der Waals surface area contributed by atoms with Gasteiger partial charge in [0.25, 0.3) is 0 Å². The number of carbonyl (C=O) groups is 2. The third-order valence-corrected chi connectivity index (χ3v) is 4.54. The third kappa shape index (κ3) is 4.35. The van der Waals surface area contributed by atoms with Gasteiger partial charge in [-0.05, 0) is 39.8 Å². The molecule has 24 heavy (non-hydrogen) atoms. The SMILES string of the molecule is CC(C)N=C1S[C@@H](CC(=O)Nc2ccccc2F)C(=O)N1C(C)C. The molecule has 1 saturated heterocycles. The summed E-state index contributed by atoms with van der Waals surface area (Å²) >= 11 is 1.30. The second kappa shape index (κ2) is 7.79. The second-order valence-electron chi connectivity index (χ2n) is 6.15. The second-order valence-corrected chi connectivity index (χ2v) is 7.32. The lowest BCUT2D eigenvalue weighted by Gasteiger charge is -2.21. The average molecular weight is 351 g/mol. The van der Waals surface area contributed by atoms with E-state index in [0.29, 0.717) is 5.17 Å². The molecule has 0 aromatic heterocycles. The van der Waals surface area contributed by atoms with Crippen molar-refractivity contribution in [2.75, 3.05) is 5.32 Å². The number of aliphatic imine (C=N–C) groups is 1.